The number of hydrogen-bond donors (Lipinski definition) is 3. The average molecular weight is 283 g/mol. The summed E-state index contributed by atoms with van der Waals surface area (Å²) in [6, 6.07) is 4.13. The number of benzene rings is 1. The van der Waals surface area contributed by atoms with Crippen molar-refractivity contribution in [1.29, 1.82) is 0 Å². The van der Waals surface area contributed by atoms with Crippen LogP contribution in [0, 0.1) is 0 Å². The number of aromatic carboxylic acids is 1. The number of carbonyl (C=O) groups excluding carboxylic acids is 1. The van der Waals surface area contributed by atoms with Gasteiger partial charge in [0.25, 0.3) is 0 Å². The molecule has 1 aromatic carbocycles. The maximum atomic E-state index is 12.0. The first-order chi connectivity index (χ1) is 9.08. The number of anilines is 1. The van der Waals surface area contributed by atoms with E-state index in [4.69, 9.17) is 16.7 Å². The molecule has 19 heavy (non-hydrogen) atoms. The molecule has 0 bridgehead atoms. The molecule has 3 N–H and O–H groups in total. The first-order valence-corrected chi connectivity index (χ1v) is 6.53. The normalized spacial score (nSPS) is 18.9. The Balaban J connectivity index is 2.13. The van der Waals surface area contributed by atoms with E-state index in [9.17, 15) is 9.59 Å². The molecule has 102 valence electrons. The van der Waals surface area contributed by atoms with Gasteiger partial charge in [-0.2, -0.15) is 0 Å². The summed E-state index contributed by atoms with van der Waals surface area (Å²) in [5.41, 5.74) is 0.269. The Morgan fingerprint density at radius 1 is 1.37 bits per heavy atom. The van der Waals surface area contributed by atoms with Crippen LogP contribution in [0.2, 0.25) is 5.02 Å². The van der Waals surface area contributed by atoms with Crippen LogP contribution < -0.4 is 10.6 Å². The third kappa shape index (κ3) is 3.45. The van der Waals surface area contributed by atoms with Crippen LogP contribution >= 0.6 is 11.6 Å². The van der Waals surface area contributed by atoms with Gasteiger partial charge in [-0.3, -0.25) is 4.79 Å². The lowest BCUT2D eigenvalue weighted by atomic mass is 10.0. The minimum atomic E-state index is -1.12. The maximum absolute atomic E-state index is 12.0. The molecule has 0 unspecified atom stereocenters. The highest BCUT2D eigenvalue weighted by molar-refractivity contribution is 6.31. The van der Waals surface area contributed by atoms with Gasteiger partial charge < -0.3 is 15.7 Å². The number of halogens is 1. The number of amides is 1. The van der Waals surface area contributed by atoms with Gasteiger partial charge in [0.15, 0.2) is 0 Å². The molecule has 1 aromatic rings. The van der Waals surface area contributed by atoms with Crippen molar-refractivity contribution in [2.75, 3.05) is 11.9 Å². The molecule has 5 nitrogen and oxygen atoms in total. The van der Waals surface area contributed by atoms with Gasteiger partial charge in [0, 0.05) is 5.02 Å². The van der Waals surface area contributed by atoms with E-state index in [1.165, 1.54) is 12.1 Å². The molecule has 0 saturated carbocycles. The first-order valence-electron chi connectivity index (χ1n) is 6.15. The van der Waals surface area contributed by atoms with E-state index in [1.54, 1.807) is 6.07 Å². The van der Waals surface area contributed by atoms with Crippen LogP contribution in [-0.4, -0.2) is 29.6 Å². The standard InChI is InChI=1S/C13H15ClN2O3/c14-8-4-5-10(9(7-8)13(18)19)16-12(17)11-3-1-2-6-15-11/h4-5,7,11,15H,1-3,6H2,(H,16,17)(H,18,19)/t11-/m0/s1. The molecule has 0 aromatic heterocycles. The number of nitrogens with one attached hydrogen (secondary N) is 2. The number of piperidine rings is 1. The molecule has 1 fully saturated rings. The van der Waals surface area contributed by atoms with Crippen molar-refractivity contribution in [1.82, 2.24) is 5.32 Å². The predicted molar refractivity (Wildman–Crippen MR) is 72.7 cm³/mol. The SMILES string of the molecule is O=C(O)c1cc(Cl)ccc1NC(=O)[C@@H]1CCCCN1. The summed E-state index contributed by atoms with van der Waals surface area (Å²) in [4.78, 5) is 23.1. The van der Waals surface area contributed by atoms with Gasteiger partial charge in [-0.1, -0.05) is 18.0 Å². The lowest BCUT2D eigenvalue weighted by molar-refractivity contribution is -0.118. The van der Waals surface area contributed by atoms with E-state index in [-0.39, 0.29) is 23.2 Å². The van der Waals surface area contributed by atoms with Crippen LogP contribution in [-0.2, 0) is 4.79 Å². The third-order valence-corrected chi connectivity index (χ3v) is 3.33. The molecule has 1 amide bonds. The smallest absolute Gasteiger partial charge is 0.337 e. The van der Waals surface area contributed by atoms with Gasteiger partial charge in [-0.05, 0) is 37.6 Å². The van der Waals surface area contributed by atoms with Crippen LogP contribution in [0.4, 0.5) is 5.69 Å². The van der Waals surface area contributed by atoms with Crippen molar-refractivity contribution in [2.24, 2.45) is 0 Å². The highest BCUT2D eigenvalue weighted by Gasteiger charge is 2.22. The Kier molecular flexibility index (Phi) is 4.39. The summed E-state index contributed by atoms with van der Waals surface area (Å²) in [5.74, 6) is -1.32. The Hall–Kier alpha value is -1.59. The molecule has 0 aliphatic carbocycles. The van der Waals surface area contributed by atoms with Crippen LogP contribution in [0.1, 0.15) is 29.6 Å². The molecular formula is C13H15ClN2O3. The van der Waals surface area contributed by atoms with Crippen molar-refractivity contribution in [3.05, 3.63) is 28.8 Å². The Morgan fingerprint density at radius 2 is 2.16 bits per heavy atom. The Bertz CT molecular complexity index is 499. The van der Waals surface area contributed by atoms with Crippen molar-refractivity contribution >= 4 is 29.2 Å². The zero-order valence-corrected chi connectivity index (χ0v) is 11.0. The lowest BCUT2D eigenvalue weighted by Gasteiger charge is -2.22. The van der Waals surface area contributed by atoms with Crippen molar-refractivity contribution in [2.45, 2.75) is 25.3 Å². The van der Waals surface area contributed by atoms with E-state index in [0.29, 0.717) is 5.02 Å². The molecule has 1 saturated heterocycles. The fourth-order valence-electron chi connectivity index (χ4n) is 2.10. The van der Waals surface area contributed by atoms with Gasteiger partial charge in [-0.15, -0.1) is 0 Å². The lowest BCUT2D eigenvalue weighted by Crippen LogP contribution is -2.43. The topological polar surface area (TPSA) is 78.4 Å². The van der Waals surface area contributed by atoms with E-state index in [0.717, 1.165) is 25.8 Å². The molecule has 2 rings (SSSR count). The molecule has 0 spiro atoms. The van der Waals surface area contributed by atoms with E-state index >= 15 is 0 Å². The van der Waals surface area contributed by atoms with Gasteiger partial charge >= 0.3 is 5.97 Å². The Labute approximate surface area is 116 Å². The summed E-state index contributed by atoms with van der Waals surface area (Å²) >= 11 is 5.76. The second kappa shape index (κ2) is 6.04. The van der Waals surface area contributed by atoms with Gasteiger partial charge in [0.05, 0.1) is 17.3 Å². The van der Waals surface area contributed by atoms with Crippen molar-refractivity contribution in [3.8, 4) is 0 Å². The van der Waals surface area contributed by atoms with Crippen molar-refractivity contribution in [3.63, 3.8) is 0 Å². The van der Waals surface area contributed by atoms with Gasteiger partial charge in [0.1, 0.15) is 0 Å². The van der Waals surface area contributed by atoms with E-state index in [1.807, 2.05) is 0 Å². The minimum absolute atomic E-state index is 0.00309. The second-order valence-electron chi connectivity index (χ2n) is 4.49. The van der Waals surface area contributed by atoms with Crippen molar-refractivity contribution < 1.29 is 14.7 Å². The van der Waals surface area contributed by atoms with Gasteiger partial charge in [-0.25, -0.2) is 4.79 Å². The molecule has 0 radical (unpaired) electrons. The summed E-state index contributed by atoms with van der Waals surface area (Å²) < 4.78 is 0. The Morgan fingerprint density at radius 3 is 2.79 bits per heavy atom. The van der Waals surface area contributed by atoms with E-state index in [2.05, 4.69) is 10.6 Å². The molecule has 1 aliphatic heterocycles. The number of carboxylic acid groups (broad SMARTS) is 1. The molecule has 1 atom stereocenters. The van der Waals surface area contributed by atoms with Crippen LogP contribution in [0.25, 0.3) is 0 Å². The van der Waals surface area contributed by atoms with Crippen LogP contribution in [0.3, 0.4) is 0 Å². The summed E-state index contributed by atoms with van der Waals surface area (Å²) in [6.07, 6.45) is 2.82. The predicted octanol–water partition coefficient (Wildman–Crippen LogP) is 2.12. The molecule has 1 heterocycles. The number of rotatable bonds is 3. The minimum Gasteiger partial charge on any atom is -0.478 e. The summed E-state index contributed by atoms with van der Waals surface area (Å²) in [7, 11) is 0. The largest absolute Gasteiger partial charge is 0.478 e. The fraction of sp³-hybridized carbons (Fsp3) is 0.385. The monoisotopic (exact) mass is 282 g/mol. The highest BCUT2D eigenvalue weighted by Crippen LogP contribution is 2.21. The fourth-order valence-corrected chi connectivity index (χ4v) is 2.27. The summed E-state index contributed by atoms with van der Waals surface area (Å²) in [6.45, 7) is 0.810. The number of carboxylic acids is 1. The van der Waals surface area contributed by atoms with Crippen LogP contribution in [0.5, 0.6) is 0 Å². The first kappa shape index (κ1) is 13.8. The average Bonchev–Trinajstić information content (AvgIpc) is 2.41. The van der Waals surface area contributed by atoms with E-state index < -0.39 is 5.97 Å². The number of hydrogen-bond acceptors (Lipinski definition) is 3. The molecule has 1 aliphatic rings. The zero-order chi connectivity index (χ0) is 13.8. The third-order valence-electron chi connectivity index (χ3n) is 3.10. The zero-order valence-electron chi connectivity index (χ0n) is 10.3. The second-order valence-corrected chi connectivity index (χ2v) is 4.92. The number of carbonyl (C=O) groups is 2. The molecular weight excluding hydrogens is 268 g/mol. The summed E-state index contributed by atoms with van der Waals surface area (Å²) in [5, 5.41) is 15.2. The van der Waals surface area contributed by atoms with Crippen LogP contribution in [0.15, 0.2) is 18.2 Å². The maximum Gasteiger partial charge on any atom is 0.337 e. The molecule has 6 heteroatoms. The highest BCUT2D eigenvalue weighted by atomic mass is 35.5. The quantitative estimate of drug-likeness (QED) is 0.793. The van der Waals surface area contributed by atoms with Gasteiger partial charge in [0.2, 0.25) is 5.91 Å².